The van der Waals surface area contributed by atoms with Crippen molar-refractivity contribution in [2.75, 3.05) is 26.2 Å². The second kappa shape index (κ2) is 4.32. The van der Waals surface area contributed by atoms with Gasteiger partial charge in [0, 0.05) is 38.1 Å². The summed E-state index contributed by atoms with van der Waals surface area (Å²) in [6, 6.07) is 8.41. The zero-order valence-corrected chi connectivity index (χ0v) is 12.8. The smallest absolute Gasteiger partial charge is 0.275 e. The topological polar surface area (TPSA) is 41.4 Å². The van der Waals surface area contributed by atoms with Crippen LogP contribution in [-0.4, -0.2) is 57.7 Å². The van der Waals surface area contributed by atoms with E-state index >= 15 is 0 Å². The van der Waals surface area contributed by atoms with E-state index in [1.165, 1.54) is 19.5 Å². The summed E-state index contributed by atoms with van der Waals surface area (Å²) >= 11 is 0. The van der Waals surface area contributed by atoms with Crippen LogP contribution in [0.1, 0.15) is 16.9 Å². The molecule has 5 nitrogen and oxygen atoms in total. The fraction of sp³-hybridized carbons (Fsp3) is 0.529. The molecule has 4 aliphatic heterocycles. The Morgan fingerprint density at radius 3 is 2.91 bits per heavy atom. The molecule has 1 unspecified atom stereocenters. The van der Waals surface area contributed by atoms with Gasteiger partial charge in [-0.3, -0.25) is 9.48 Å². The Kier molecular flexibility index (Phi) is 2.48. The van der Waals surface area contributed by atoms with Crippen LogP contribution >= 0.6 is 0 Å². The first-order valence-corrected chi connectivity index (χ1v) is 8.17. The Morgan fingerprint density at radius 2 is 2.09 bits per heavy atom. The molecule has 1 aromatic carbocycles. The Balaban J connectivity index is 1.54. The number of benzene rings is 1. The third kappa shape index (κ3) is 1.57. The summed E-state index contributed by atoms with van der Waals surface area (Å²) in [6.45, 7) is 4.35. The molecule has 0 aliphatic carbocycles. The number of hydrogen-bond acceptors (Lipinski definition) is 3. The molecule has 5 heterocycles. The number of piperidine rings is 3. The maximum atomic E-state index is 13.1. The van der Waals surface area contributed by atoms with Gasteiger partial charge in [0.2, 0.25) is 0 Å². The molecule has 5 heteroatoms. The number of rotatable bonds is 1. The molecule has 4 saturated heterocycles. The van der Waals surface area contributed by atoms with E-state index in [4.69, 9.17) is 0 Å². The third-order valence-electron chi connectivity index (χ3n) is 5.87. The lowest BCUT2D eigenvalue weighted by atomic mass is 9.80. The monoisotopic (exact) mass is 296 g/mol. The molecule has 0 radical (unpaired) electrons. The molecular formula is C17H20N4O. The van der Waals surface area contributed by atoms with Crippen molar-refractivity contribution in [1.82, 2.24) is 19.6 Å². The summed E-state index contributed by atoms with van der Waals surface area (Å²) in [7, 11) is 1.91. The van der Waals surface area contributed by atoms with Gasteiger partial charge < -0.3 is 9.80 Å². The summed E-state index contributed by atoms with van der Waals surface area (Å²) in [6.07, 6.45) is 1.25. The quantitative estimate of drug-likeness (QED) is 0.797. The summed E-state index contributed by atoms with van der Waals surface area (Å²) in [5.74, 6) is 1.51. The van der Waals surface area contributed by atoms with E-state index in [2.05, 4.69) is 14.9 Å². The molecular weight excluding hydrogens is 276 g/mol. The van der Waals surface area contributed by atoms with E-state index in [0.717, 1.165) is 24.0 Å². The Bertz CT molecular complexity index is 767. The lowest BCUT2D eigenvalue weighted by molar-refractivity contribution is 0.0420. The van der Waals surface area contributed by atoms with Crippen LogP contribution in [0.15, 0.2) is 24.3 Å². The Labute approximate surface area is 129 Å². The van der Waals surface area contributed by atoms with Crippen LogP contribution in [0.5, 0.6) is 0 Å². The molecule has 2 aromatic rings. The summed E-state index contributed by atoms with van der Waals surface area (Å²) in [5, 5.41) is 5.50. The maximum Gasteiger partial charge on any atom is 0.275 e. The molecule has 0 spiro atoms. The number of aryl methyl sites for hydroxylation is 1. The van der Waals surface area contributed by atoms with Gasteiger partial charge in [-0.2, -0.15) is 5.10 Å². The number of fused-ring (bicyclic) bond motifs is 2. The SMILES string of the molecule is Cn1nc(C(=O)N2C[C@@H]3CN4CC[C@@H]3[C@@H]2C4)c2ccccc21. The zero-order valence-electron chi connectivity index (χ0n) is 12.8. The first kappa shape index (κ1) is 12.6. The standard InChI is InChI=1S/C17H20N4O/c1-19-14-5-3-2-4-13(14)16(18-19)17(22)21-9-11-8-20-7-6-12(11)15(21)10-20/h2-5,11-12,15H,6-10H2,1H3/t11-,12-,15-/m0/s1. The third-order valence-corrected chi connectivity index (χ3v) is 5.87. The zero-order chi connectivity index (χ0) is 14.8. The normalized spacial score (nSPS) is 32.9. The van der Waals surface area contributed by atoms with Gasteiger partial charge in [0.25, 0.3) is 5.91 Å². The lowest BCUT2D eigenvalue weighted by Gasteiger charge is -2.44. The van der Waals surface area contributed by atoms with Gasteiger partial charge in [0.05, 0.1) is 5.52 Å². The van der Waals surface area contributed by atoms with Gasteiger partial charge in [-0.25, -0.2) is 0 Å². The highest BCUT2D eigenvalue weighted by atomic mass is 16.2. The van der Waals surface area contributed by atoms with E-state index in [1.54, 1.807) is 0 Å². The molecule has 6 rings (SSSR count). The predicted octanol–water partition coefficient (Wildman–Crippen LogP) is 1.35. The van der Waals surface area contributed by atoms with Crippen molar-refractivity contribution in [1.29, 1.82) is 0 Å². The number of carbonyl (C=O) groups is 1. The van der Waals surface area contributed by atoms with Gasteiger partial charge >= 0.3 is 0 Å². The summed E-state index contributed by atoms with van der Waals surface area (Å²) in [5.41, 5.74) is 1.65. The van der Waals surface area contributed by atoms with Crippen LogP contribution in [0.2, 0.25) is 0 Å². The van der Waals surface area contributed by atoms with E-state index in [9.17, 15) is 4.79 Å². The molecule has 0 N–H and O–H groups in total. The first-order chi connectivity index (χ1) is 10.7. The van der Waals surface area contributed by atoms with Gasteiger partial charge in [0.15, 0.2) is 5.69 Å². The molecule has 1 amide bonds. The predicted molar refractivity (Wildman–Crippen MR) is 83.6 cm³/mol. The summed E-state index contributed by atoms with van der Waals surface area (Å²) in [4.78, 5) is 17.8. The van der Waals surface area contributed by atoms with Crippen molar-refractivity contribution in [3.8, 4) is 0 Å². The molecule has 4 atom stereocenters. The van der Waals surface area contributed by atoms with Crippen molar-refractivity contribution in [3.05, 3.63) is 30.0 Å². The van der Waals surface area contributed by atoms with E-state index < -0.39 is 0 Å². The molecule has 4 bridgehead atoms. The van der Waals surface area contributed by atoms with Gasteiger partial charge in [-0.1, -0.05) is 18.2 Å². The number of likely N-dealkylation sites (tertiary alicyclic amines) is 1. The number of amides is 1. The number of nitrogens with zero attached hydrogens (tertiary/aromatic N) is 4. The van der Waals surface area contributed by atoms with Crippen molar-refractivity contribution in [2.24, 2.45) is 18.9 Å². The molecule has 4 fully saturated rings. The van der Waals surface area contributed by atoms with Crippen molar-refractivity contribution in [2.45, 2.75) is 12.5 Å². The highest BCUT2D eigenvalue weighted by Gasteiger charge is 2.51. The Morgan fingerprint density at radius 1 is 1.23 bits per heavy atom. The van der Waals surface area contributed by atoms with Gasteiger partial charge in [-0.05, 0) is 30.9 Å². The van der Waals surface area contributed by atoms with Crippen LogP contribution in [-0.2, 0) is 7.05 Å². The van der Waals surface area contributed by atoms with Crippen LogP contribution in [0.3, 0.4) is 0 Å². The average molecular weight is 296 g/mol. The average Bonchev–Trinajstić information content (AvgIpc) is 3.03. The highest BCUT2D eigenvalue weighted by Crippen LogP contribution is 2.42. The van der Waals surface area contributed by atoms with Gasteiger partial charge in [0.1, 0.15) is 0 Å². The lowest BCUT2D eigenvalue weighted by Crippen LogP contribution is -2.54. The van der Waals surface area contributed by atoms with Gasteiger partial charge in [-0.15, -0.1) is 0 Å². The van der Waals surface area contributed by atoms with Crippen molar-refractivity contribution in [3.63, 3.8) is 0 Å². The molecule has 22 heavy (non-hydrogen) atoms. The minimum Gasteiger partial charge on any atom is -0.332 e. The molecule has 0 saturated carbocycles. The number of carbonyl (C=O) groups excluding carboxylic acids is 1. The van der Waals surface area contributed by atoms with E-state index in [1.807, 2.05) is 36.0 Å². The molecule has 114 valence electrons. The van der Waals surface area contributed by atoms with Crippen LogP contribution < -0.4 is 0 Å². The van der Waals surface area contributed by atoms with Crippen molar-refractivity contribution >= 4 is 16.8 Å². The van der Waals surface area contributed by atoms with Crippen LogP contribution in [0, 0.1) is 11.8 Å². The van der Waals surface area contributed by atoms with E-state index in [-0.39, 0.29) is 5.91 Å². The molecule has 4 aliphatic rings. The summed E-state index contributed by atoms with van der Waals surface area (Å²) < 4.78 is 1.82. The number of para-hydroxylation sites is 1. The van der Waals surface area contributed by atoms with Crippen LogP contribution in [0.25, 0.3) is 10.9 Å². The fourth-order valence-electron chi connectivity index (χ4n) is 4.85. The second-order valence-corrected chi connectivity index (χ2v) is 6.99. The molecule has 1 aromatic heterocycles. The first-order valence-electron chi connectivity index (χ1n) is 8.17. The fourth-order valence-corrected chi connectivity index (χ4v) is 4.85. The minimum absolute atomic E-state index is 0.123. The Hall–Kier alpha value is -1.88. The second-order valence-electron chi connectivity index (χ2n) is 6.99. The van der Waals surface area contributed by atoms with Crippen LogP contribution in [0.4, 0.5) is 0 Å². The number of aromatic nitrogens is 2. The maximum absolute atomic E-state index is 13.1. The van der Waals surface area contributed by atoms with E-state index in [0.29, 0.717) is 23.6 Å². The van der Waals surface area contributed by atoms with Crippen molar-refractivity contribution < 1.29 is 4.79 Å². The number of hydrogen-bond donors (Lipinski definition) is 0. The minimum atomic E-state index is 0.123. The highest BCUT2D eigenvalue weighted by molar-refractivity contribution is 6.05. The largest absolute Gasteiger partial charge is 0.332 e.